The number of aryl methyl sites for hydroxylation is 1. The minimum Gasteiger partial charge on any atom is -0.103 e. The van der Waals surface area contributed by atoms with E-state index in [-0.39, 0.29) is 0 Å². The normalized spacial score (nSPS) is 10.2. The third-order valence-electron chi connectivity index (χ3n) is 3.12. The van der Waals surface area contributed by atoms with Crippen LogP contribution in [0.1, 0.15) is 18.1 Å². The molecule has 0 fully saturated rings. The quantitative estimate of drug-likeness (QED) is 0.438. The molecule has 0 nitrogen and oxygen atoms in total. The van der Waals surface area contributed by atoms with E-state index in [1.165, 1.54) is 16.7 Å². The molecule has 0 aromatic heterocycles. The Morgan fingerprint density at radius 3 is 1.68 bits per heavy atom. The van der Waals surface area contributed by atoms with Crippen LogP contribution in [-0.4, -0.2) is 0 Å². The molecule has 0 amide bonds. The van der Waals surface area contributed by atoms with Crippen LogP contribution in [0.15, 0.2) is 92.6 Å². The lowest BCUT2D eigenvalue weighted by Gasteiger charge is -2.05. The summed E-state index contributed by atoms with van der Waals surface area (Å²) in [5.41, 5.74) is 6.00. The zero-order valence-electron chi connectivity index (χ0n) is 13.5. The molecule has 0 aliphatic rings. The van der Waals surface area contributed by atoms with Gasteiger partial charge < -0.3 is 0 Å². The molecule has 0 N–H and O–H groups in total. The fourth-order valence-corrected chi connectivity index (χ4v) is 2.01. The van der Waals surface area contributed by atoms with Crippen LogP contribution in [0.25, 0.3) is 16.7 Å². The predicted molar refractivity (Wildman–Crippen MR) is 101 cm³/mol. The summed E-state index contributed by atoms with van der Waals surface area (Å²) < 4.78 is 0. The van der Waals surface area contributed by atoms with Gasteiger partial charge in [-0.3, -0.25) is 0 Å². The Bertz CT molecular complexity index is 637. The van der Waals surface area contributed by atoms with Gasteiger partial charge in [-0.05, 0) is 36.1 Å². The van der Waals surface area contributed by atoms with Crippen LogP contribution in [0.5, 0.6) is 0 Å². The van der Waals surface area contributed by atoms with Crippen LogP contribution in [-0.2, 0) is 0 Å². The molecule has 22 heavy (non-hydrogen) atoms. The van der Waals surface area contributed by atoms with Crippen molar-refractivity contribution in [1.29, 1.82) is 0 Å². The maximum absolute atomic E-state index is 3.83. The molecule has 0 atom stereocenters. The van der Waals surface area contributed by atoms with E-state index in [0.29, 0.717) is 0 Å². The van der Waals surface area contributed by atoms with E-state index in [9.17, 15) is 0 Å². The fourth-order valence-electron chi connectivity index (χ4n) is 2.01. The van der Waals surface area contributed by atoms with E-state index in [1.807, 2.05) is 19.1 Å². The monoisotopic (exact) mass is 288 g/mol. The molecular formula is C22H24. The van der Waals surface area contributed by atoms with E-state index in [1.54, 1.807) is 12.2 Å². The second kappa shape index (κ2) is 9.36. The van der Waals surface area contributed by atoms with Crippen LogP contribution in [0.4, 0.5) is 0 Å². The molecule has 0 heterocycles. The highest BCUT2D eigenvalue weighted by Crippen LogP contribution is 2.23. The van der Waals surface area contributed by atoms with Crippen LogP contribution >= 0.6 is 0 Å². The van der Waals surface area contributed by atoms with Crippen molar-refractivity contribution in [2.24, 2.45) is 0 Å². The second-order valence-corrected chi connectivity index (χ2v) is 4.91. The third kappa shape index (κ3) is 5.06. The molecule has 0 bridgehead atoms. The minimum atomic E-state index is 1.09. The first-order valence-electron chi connectivity index (χ1n) is 7.36. The standard InChI is InChI=1S/C19H18.C3H6/c1-4-6-16(5-2)17-11-13-19(14-12-17)18-9-7-15(3)8-10-18;1-3-2/h4-14H,1-2H2,3H3;3H,1H2,2H3/b16-6+;. The van der Waals surface area contributed by atoms with Gasteiger partial charge in [-0.1, -0.05) is 91.6 Å². The van der Waals surface area contributed by atoms with Crippen molar-refractivity contribution in [3.8, 4) is 11.1 Å². The first-order valence-corrected chi connectivity index (χ1v) is 7.36. The average molecular weight is 288 g/mol. The van der Waals surface area contributed by atoms with Crippen molar-refractivity contribution in [3.63, 3.8) is 0 Å². The molecule has 2 rings (SSSR count). The highest BCUT2D eigenvalue weighted by atomic mass is 14.0. The van der Waals surface area contributed by atoms with Gasteiger partial charge in [0.05, 0.1) is 0 Å². The molecular weight excluding hydrogens is 264 g/mol. The molecule has 0 radical (unpaired) electrons. The summed E-state index contributed by atoms with van der Waals surface area (Å²) in [6.45, 7) is 14.9. The van der Waals surface area contributed by atoms with E-state index in [0.717, 1.165) is 11.1 Å². The molecule has 0 aliphatic heterocycles. The molecule has 2 aromatic carbocycles. The number of hydrogen-bond donors (Lipinski definition) is 0. The van der Waals surface area contributed by atoms with Crippen molar-refractivity contribution in [1.82, 2.24) is 0 Å². The molecule has 112 valence electrons. The van der Waals surface area contributed by atoms with Gasteiger partial charge in [0.2, 0.25) is 0 Å². The SMILES string of the molecule is C=C/C=C(\C=C)c1ccc(-c2ccc(C)cc2)cc1.C=CC. The summed E-state index contributed by atoms with van der Waals surface area (Å²) in [6.07, 6.45) is 7.35. The summed E-state index contributed by atoms with van der Waals surface area (Å²) in [5.74, 6) is 0. The molecule has 0 heteroatoms. The first kappa shape index (κ1) is 17.5. The minimum absolute atomic E-state index is 1.09. The van der Waals surface area contributed by atoms with Gasteiger partial charge in [-0.15, -0.1) is 6.58 Å². The molecule has 0 unspecified atom stereocenters. The molecule has 2 aromatic rings. The van der Waals surface area contributed by atoms with Crippen LogP contribution in [0.3, 0.4) is 0 Å². The maximum atomic E-state index is 3.83. The number of benzene rings is 2. The topological polar surface area (TPSA) is 0 Å². The lowest BCUT2D eigenvalue weighted by molar-refractivity contribution is 1.47. The first-order chi connectivity index (χ1) is 10.7. The lowest BCUT2D eigenvalue weighted by atomic mass is 9.99. The van der Waals surface area contributed by atoms with Crippen LogP contribution in [0.2, 0.25) is 0 Å². The Balaban J connectivity index is 0.000000745. The smallest absolute Gasteiger partial charge is 0.0184 e. The van der Waals surface area contributed by atoms with E-state index >= 15 is 0 Å². The maximum Gasteiger partial charge on any atom is -0.0184 e. The number of allylic oxidation sites excluding steroid dienone is 5. The van der Waals surface area contributed by atoms with Gasteiger partial charge in [-0.25, -0.2) is 0 Å². The van der Waals surface area contributed by atoms with Crippen molar-refractivity contribution in [2.45, 2.75) is 13.8 Å². The third-order valence-corrected chi connectivity index (χ3v) is 3.12. The average Bonchev–Trinajstić information content (AvgIpc) is 2.54. The van der Waals surface area contributed by atoms with E-state index < -0.39 is 0 Å². The predicted octanol–water partition coefficient (Wildman–Crippen LogP) is 6.61. The van der Waals surface area contributed by atoms with Crippen LogP contribution in [0, 0.1) is 6.92 Å². The molecule has 0 saturated heterocycles. The Hall–Kier alpha value is -2.60. The zero-order valence-corrected chi connectivity index (χ0v) is 13.5. The van der Waals surface area contributed by atoms with Crippen molar-refractivity contribution >= 4 is 5.57 Å². The summed E-state index contributed by atoms with van der Waals surface area (Å²) in [7, 11) is 0. The Morgan fingerprint density at radius 1 is 0.818 bits per heavy atom. The van der Waals surface area contributed by atoms with Gasteiger partial charge in [-0.2, -0.15) is 0 Å². The highest BCUT2D eigenvalue weighted by Gasteiger charge is 1.99. The van der Waals surface area contributed by atoms with E-state index in [4.69, 9.17) is 0 Å². The van der Waals surface area contributed by atoms with Crippen molar-refractivity contribution < 1.29 is 0 Å². The lowest BCUT2D eigenvalue weighted by Crippen LogP contribution is -1.82. The van der Waals surface area contributed by atoms with Crippen molar-refractivity contribution in [2.75, 3.05) is 0 Å². The van der Waals surface area contributed by atoms with Gasteiger partial charge in [0.15, 0.2) is 0 Å². The molecule has 0 saturated carbocycles. The number of hydrogen-bond acceptors (Lipinski definition) is 0. The van der Waals surface area contributed by atoms with Gasteiger partial charge in [0.25, 0.3) is 0 Å². The van der Waals surface area contributed by atoms with Gasteiger partial charge in [0.1, 0.15) is 0 Å². The summed E-state index contributed by atoms with van der Waals surface area (Å²) >= 11 is 0. The van der Waals surface area contributed by atoms with Gasteiger partial charge >= 0.3 is 0 Å². The Kier molecular flexibility index (Phi) is 7.42. The molecule has 0 spiro atoms. The Labute approximate surface area is 134 Å². The highest BCUT2D eigenvalue weighted by molar-refractivity contribution is 5.76. The largest absolute Gasteiger partial charge is 0.103 e. The zero-order chi connectivity index (χ0) is 16.4. The van der Waals surface area contributed by atoms with Crippen LogP contribution < -0.4 is 0 Å². The Morgan fingerprint density at radius 2 is 1.27 bits per heavy atom. The second-order valence-electron chi connectivity index (χ2n) is 4.91. The van der Waals surface area contributed by atoms with Crippen molar-refractivity contribution in [3.05, 3.63) is 104 Å². The van der Waals surface area contributed by atoms with E-state index in [2.05, 4.69) is 75.2 Å². The number of rotatable bonds is 4. The fraction of sp³-hybridized carbons (Fsp3) is 0.0909. The summed E-state index contributed by atoms with van der Waals surface area (Å²) in [4.78, 5) is 0. The summed E-state index contributed by atoms with van der Waals surface area (Å²) in [5, 5.41) is 0. The van der Waals surface area contributed by atoms with Gasteiger partial charge in [0, 0.05) is 0 Å². The molecule has 0 aliphatic carbocycles. The summed E-state index contributed by atoms with van der Waals surface area (Å²) in [6, 6.07) is 17.1.